The lowest BCUT2D eigenvalue weighted by molar-refractivity contribution is -0.155. The number of cyclic esters (lactones) is 1. The van der Waals surface area contributed by atoms with Crippen molar-refractivity contribution in [2.45, 2.75) is 25.2 Å². The summed E-state index contributed by atoms with van der Waals surface area (Å²) in [6.45, 7) is 0. The van der Waals surface area contributed by atoms with Crippen molar-refractivity contribution < 1.29 is 19.4 Å². The van der Waals surface area contributed by atoms with Gasteiger partial charge in [0.25, 0.3) is 0 Å². The van der Waals surface area contributed by atoms with E-state index in [4.69, 9.17) is 9.47 Å². The SMILES string of the molecule is O=C1O[C@H](Oc2ccc3ccccc3c2)[C@H]2C[C@@H](O)C[C@@H]12. The molecule has 0 radical (unpaired) electrons. The second kappa shape index (κ2) is 4.74. The fourth-order valence-corrected chi connectivity index (χ4v) is 3.39. The van der Waals surface area contributed by atoms with Crippen molar-refractivity contribution in [3.8, 4) is 5.75 Å². The maximum Gasteiger partial charge on any atom is 0.312 e. The predicted octanol–water partition coefficient (Wildman–Crippen LogP) is 2.49. The summed E-state index contributed by atoms with van der Waals surface area (Å²) >= 11 is 0. The van der Waals surface area contributed by atoms with Gasteiger partial charge in [-0.3, -0.25) is 4.79 Å². The molecule has 0 aromatic heterocycles. The molecule has 0 bridgehead atoms. The molecule has 4 heteroatoms. The van der Waals surface area contributed by atoms with Crippen LogP contribution in [0.15, 0.2) is 42.5 Å². The second-order valence-corrected chi connectivity index (χ2v) is 5.83. The topological polar surface area (TPSA) is 55.8 Å². The molecule has 2 fully saturated rings. The Balaban J connectivity index is 1.58. The number of esters is 1. The molecule has 0 amide bonds. The second-order valence-electron chi connectivity index (χ2n) is 5.83. The van der Waals surface area contributed by atoms with E-state index < -0.39 is 12.4 Å². The molecule has 4 nitrogen and oxygen atoms in total. The molecule has 1 N–H and O–H groups in total. The van der Waals surface area contributed by atoms with Crippen LogP contribution in [0.25, 0.3) is 10.8 Å². The molecule has 108 valence electrons. The summed E-state index contributed by atoms with van der Waals surface area (Å²) in [6.07, 6.45) is 0.0480. The number of aliphatic hydroxyl groups is 1. The number of ether oxygens (including phenoxy) is 2. The van der Waals surface area contributed by atoms with Crippen molar-refractivity contribution in [1.82, 2.24) is 0 Å². The summed E-state index contributed by atoms with van der Waals surface area (Å²) in [7, 11) is 0. The highest BCUT2D eigenvalue weighted by atomic mass is 16.7. The summed E-state index contributed by atoms with van der Waals surface area (Å²) in [5.74, 6) is 0.181. The standard InChI is InChI=1S/C17H16O4/c18-12-8-14-15(9-12)17(21-16(14)19)20-13-6-5-10-3-1-2-4-11(10)7-13/h1-7,12,14-15,17-18H,8-9H2/t12-,14+,15-,17-/m0/s1. The van der Waals surface area contributed by atoms with E-state index >= 15 is 0 Å². The van der Waals surface area contributed by atoms with E-state index in [1.54, 1.807) is 0 Å². The number of fused-ring (bicyclic) bond motifs is 2. The summed E-state index contributed by atoms with van der Waals surface area (Å²) in [5, 5.41) is 11.9. The van der Waals surface area contributed by atoms with Crippen LogP contribution >= 0.6 is 0 Å². The van der Waals surface area contributed by atoms with E-state index in [1.165, 1.54) is 0 Å². The Morgan fingerprint density at radius 2 is 1.90 bits per heavy atom. The number of carbonyl (C=O) groups is 1. The molecule has 1 aliphatic heterocycles. The highest BCUT2D eigenvalue weighted by Gasteiger charge is 2.51. The van der Waals surface area contributed by atoms with Crippen LogP contribution in [0.1, 0.15) is 12.8 Å². The van der Waals surface area contributed by atoms with Crippen LogP contribution in [-0.4, -0.2) is 23.5 Å². The first-order valence-corrected chi connectivity index (χ1v) is 7.25. The van der Waals surface area contributed by atoms with Crippen LogP contribution in [0.4, 0.5) is 0 Å². The van der Waals surface area contributed by atoms with Gasteiger partial charge in [0.05, 0.1) is 12.0 Å². The molecule has 1 heterocycles. The van der Waals surface area contributed by atoms with Crippen LogP contribution in [0.5, 0.6) is 5.75 Å². The zero-order chi connectivity index (χ0) is 14.4. The normalized spacial score (nSPS) is 31.2. The third kappa shape index (κ3) is 2.16. The average molecular weight is 284 g/mol. The van der Waals surface area contributed by atoms with Gasteiger partial charge in [-0.05, 0) is 35.7 Å². The van der Waals surface area contributed by atoms with Gasteiger partial charge in [0, 0.05) is 5.92 Å². The van der Waals surface area contributed by atoms with Crippen LogP contribution in [0.3, 0.4) is 0 Å². The first-order valence-electron chi connectivity index (χ1n) is 7.25. The predicted molar refractivity (Wildman–Crippen MR) is 76.7 cm³/mol. The third-order valence-electron chi connectivity index (χ3n) is 4.44. The quantitative estimate of drug-likeness (QED) is 0.861. The van der Waals surface area contributed by atoms with Crippen molar-refractivity contribution >= 4 is 16.7 Å². The molecule has 4 rings (SSSR count). The third-order valence-corrected chi connectivity index (χ3v) is 4.44. The lowest BCUT2D eigenvalue weighted by atomic mass is 9.99. The molecule has 1 aliphatic carbocycles. The largest absolute Gasteiger partial charge is 0.454 e. The summed E-state index contributed by atoms with van der Waals surface area (Å²) in [5.41, 5.74) is 0. The van der Waals surface area contributed by atoms with Crippen molar-refractivity contribution in [2.24, 2.45) is 11.8 Å². The minimum absolute atomic E-state index is 0.0426. The molecule has 0 spiro atoms. The van der Waals surface area contributed by atoms with E-state index in [0.717, 1.165) is 10.8 Å². The maximum atomic E-state index is 11.8. The first kappa shape index (κ1) is 12.7. The zero-order valence-electron chi connectivity index (χ0n) is 11.4. The van der Waals surface area contributed by atoms with Crippen molar-refractivity contribution in [3.63, 3.8) is 0 Å². The minimum atomic E-state index is -0.583. The Labute approximate surface area is 122 Å². The van der Waals surface area contributed by atoms with Gasteiger partial charge in [0.15, 0.2) is 0 Å². The van der Waals surface area contributed by atoms with E-state index in [0.29, 0.717) is 18.6 Å². The Hall–Kier alpha value is -2.07. The highest BCUT2D eigenvalue weighted by molar-refractivity contribution is 5.83. The van der Waals surface area contributed by atoms with Gasteiger partial charge in [-0.2, -0.15) is 0 Å². The van der Waals surface area contributed by atoms with Crippen molar-refractivity contribution in [3.05, 3.63) is 42.5 Å². The summed E-state index contributed by atoms with van der Waals surface area (Å²) < 4.78 is 11.2. The first-order chi connectivity index (χ1) is 10.2. The van der Waals surface area contributed by atoms with E-state index in [-0.39, 0.29) is 17.8 Å². The highest BCUT2D eigenvalue weighted by Crippen LogP contribution is 2.42. The van der Waals surface area contributed by atoms with E-state index in [2.05, 4.69) is 0 Å². The van der Waals surface area contributed by atoms with Crippen LogP contribution in [-0.2, 0) is 9.53 Å². The van der Waals surface area contributed by atoms with Crippen molar-refractivity contribution in [1.29, 1.82) is 0 Å². The molecule has 21 heavy (non-hydrogen) atoms. The lowest BCUT2D eigenvalue weighted by Gasteiger charge is -2.18. The van der Waals surface area contributed by atoms with Gasteiger partial charge in [-0.15, -0.1) is 0 Å². The van der Waals surface area contributed by atoms with Gasteiger partial charge < -0.3 is 14.6 Å². The summed E-state index contributed by atoms with van der Waals surface area (Å²) in [6, 6.07) is 13.8. The van der Waals surface area contributed by atoms with E-state index in [9.17, 15) is 9.90 Å². The van der Waals surface area contributed by atoms with E-state index in [1.807, 2.05) is 42.5 Å². The number of aliphatic hydroxyl groups excluding tert-OH is 1. The lowest BCUT2D eigenvalue weighted by Crippen LogP contribution is -2.24. The molecule has 2 aromatic rings. The molecule has 4 atom stereocenters. The smallest absolute Gasteiger partial charge is 0.312 e. The fourth-order valence-electron chi connectivity index (χ4n) is 3.39. The summed E-state index contributed by atoms with van der Waals surface area (Å²) in [4.78, 5) is 11.8. The maximum absolute atomic E-state index is 11.8. The average Bonchev–Trinajstić information content (AvgIpc) is 2.99. The minimum Gasteiger partial charge on any atom is -0.454 e. The molecule has 0 unspecified atom stereocenters. The molecular weight excluding hydrogens is 268 g/mol. The van der Waals surface area contributed by atoms with Crippen LogP contribution < -0.4 is 4.74 Å². The van der Waals surface area contributed by atoms with Gasteiger partial charge in [0.1, 0.15) is 5.75 Å². The number of benzene rings is 2. The zero-order valence-corrected chi connectivity index (χ0v) is 11.4. The Morgan fingerprint density at radius 3 is 2.76 bits per heavy atom. The van der Waals surface area contributed by atoms with Crippen molar-refractivity contribution in [2.75, 3.05) is 0 Å². The van der Waals surface area contributed by atoms with Gasteiger partial charge in [0.2, 0.25) is 6.29 Å². The Kier molecular flexibility index (Phi) is 2.86. The number of rotatable bonds is 2. The van der Waals surface area contributed by atoms with Gasteiger partial charge in [-0.25, -0.2) is 0 Å². The fraction of sp³-hybridized carbons (Fsp3) is 0.353. The Bertz CT molecular complexity index is 696. The number of carbonyl (C=O) groups excluding carboxylic acids is 1. The molecule has 2 aliphatic rings. The molecule has 1 saturated carbocycles. The monoisotopic (exact) mass is 284 g/mol. The number of hydrogen-bond donors (Lipinski definition) is 1. The Morgan fingerprint density at radius 1 is 1.10 bits per heavy atom. The van der Waals surface area contributed by atoms with Crippen LogP contribution in [0.2, 0.25) is 0 Å². The molecule has 1 saturated heterocycles. The van der Waals surface area contributed by atoms with Gasteiger partial charge in [-0.1, -0.05) is 30.3 Å². The molecular formula is C17H16O4. The number of hydrogen-bond acceptors (Lipinski definition) is 4. The van der Waals surface area contributed by atoms with Gasteiger partial charge >= 0.3 is 5.97 Å². The van der Waals surface area contributed by atoms with Crippen LogP contribution in [0, 0.1) is 11.8 Å². The molecule has 2 aromatic carbocycles.